The Hall–Kier alpha value is -1.40. The summed E-state index contributed by atoms with van der Waals surface area (Å²) in [4.78, 5) is 24.4. The number of hydrogen-bond acceptors (Lipinski definition) is 5. The second-order valence-corrected chi connectivity index (χ2v) is 5.99. The van der Waals surface area contributed by atoms with Gasteiger partial charge in [-0.1, -0.05) is 0 Å². The summed E-state index contributed by atoms with van der Waals surface area (Å²) in [6.45, 7) is 0.751. The van der Waals surface area contributed by atoms with E-state index in [-0.39, 0.29) is 5.91 Å². The molecule has 0 saturated heterocycles. The molecule has 18 heavy (non-hydrogen) atoms. The standard InChI is InChI=1S/C12H11N3OS2/c16-12(5-9-6-14-8-18-9)15-3-4-17-11-1-2-13-7-10(11)15/h1-2,6-8H,3-5H2. The van der Waals surface area contributed by atoms with Crippen LogP contribution in [0, 0.1) is 0 Å². The van der Waals surface area contributed by atoms with E-state index in [2.05, 4.69) is 9.97 Å². The number of fused-ring (bicyclic) bond motifs is 1. The van der Waals surface area contributed by atoms with Gasteiger partial charge in [-0.05, 0) is 6.07 Å². The lowest BCUT2D eigenvalue weighted by Gasteiger charge is -2.28. The maximum Gasteiger partial charge on any atom is 0.232 e. The minimum absolute atomic E-state index is 0.119. The molecule has 92 valence electrons. The van der Waals surface area contributed by atoms with E-state index in [1.807, 2.05) is 11.0 Å². The van der Waals surface area contributed by atoms with Gasteiger partial charge in [0.25, 0.3) is 0 Å². The number of carbonyl (C=O) groups is 1. The van der Waals surface area contributed by atoms with Crippen molar-refractivity contribution in [1.29, 1.82) is 0 Å². The molecule has 0 atom stereocenters. The number of hydrogen-bond donors (Lipinski definition) is 0. The van der Waals surface area contributed by atoms with Crippen LogP contribution in [0.2, 0.25) is 0 Å². The van der Waals surface area contributed by atoms with Gasteiger partial charge in [0.1, 0.15) is 0 Å². The van der Waals surface area contributed by atoms with Crippen LogP contribution in [0.15, 0.2) is 35.1 Å². The molecule has 6 heteroatoms. The zero-order valence-corrected chi connectivity index (χ0v) is 11.2. The normalized spacial score (nSPS) is 14.3. The quantitative estimate of drug-likeness (QED) is 0.844. The van der Waals surface area contributed by atoms with Gasteiger partial charge in [0.2, 0.25) is 5.91 Å². The van der Waals surface area contributed by atoms with Crippen molar-refractivity contribution in [2.75, 3.05) is 17.2 Å². The highest BCUT2D eigenvalue weighted by atomic mass is 32.2. The van der Waals surface area contributed by atoms with E-state index < -0.39 is 0 Å². The summed E-state index contributed by atoms with van der Waals surface area (Å²) < 4.78 is 0. The van der Waals surface area contributed by atoms with Gasteiger partial charge in [0.15, 0.2) is 0 Å². The van der Waals surface area contributed by atoms with E-state index in [9.17, 15) is 4.79 Å². The highest BCUT2D eigenvalue weighted by Gasteiger charge is 2.23. The molecule has 0 saturated carbocycles. The van der Waals surface area contributed by atoms with Crippen LogP contribution in [0.3, 0.4) is 0 Å². The van der Waals surface area contributed by atoms with Crippen molar-refractivity contribution in [1.82, 2.24) is 9.97 Å². The third-order valence-corrected chi connectivity index (χ3v) is 4.56. The Morgan fingerprint density at radius 1 is 1.39 bits per heavy atom. The molecule has 0 fully saturated rings. The molecular formula is C12H11N3OS2. The van der Waals surface area contributed by atoms with Crippen LogP contribution in [0.1, 0.15) is 4.88 Å². The van der Waals surface area contributed by atoms with Crippen LogP contribution in [0.5, 0.6) is 0 Å². The number of nitrogens with zero attached hydrogens (tertiary/aromatic N) is 3. The summed E-state index contributed by atoms with van der Waals surface area (Å²) in [7, 11) is 0. The number of thioether (sulfide) groups is 1. The Balaban J connectivity index is 1.83. The van der Waals surface area contributed by atoms with Gasteiger partial charge < -0.3 is 4.90 Å². The Labute approximate surface area is 113 Å². The molecular weight excluding hydrogens is 266 g/mol. The van der Waals surface area contributed by atoms with Crippen LogP contribution in [0.25, 0.3) is 0 Å². The molecule has 1 aliphatic rings. The fourth-order valence-corrected chi connectivity index (χ4v) is 3.45. The van der Waals surface area contributed by atoms with Gasteiger partial charge in [-0.3, -0.25) is 14.8 Å². The van der Waals surface area contributed by atoms with Crippen molar-refractivity contribution in [3.63, 3.8) is 0 Å². The van der Waals surface area contributed by atoms with Crippen molar-refractivity contribution < 1.29 is 4.79 Å². The average Bonchev–Trinajstić information content (AvgIpc) is 2.91. The summed E-state index contributed by atoms with van der Waals surface area (Å²) >= 11 is 3.29. The van der Waals surface area contributed by atoms with Crippen LogP contribution in [0.4, 0.5) is 5.69 Å². The molecule has 0 spiro atoms. The average molecular weight is 277 g/mol. The second-order valence-electron chi connectivity index (χ2n) is 3.88. The lowest BCUT2D eigenvalue weighted by molar-refractivity contribution is -0.117. The van der Waals surface area contributed by atoms with Gasteiger partial charge in [0.05, 0.1) is 23.8 Å². The largest absolute Gasteiger partial charge is 0.309 e. The summed E-state index contributed by atoms with van der Waals surface area (Å²) in [6, 6.07) is 1.96. The molecule has 3 rings (SSSR count). The van der Waals surface area contributed by atoms with Crippen LogP contribution >= 0.6 is 23.1 Å². The molecule has 1 aliphatic heterocycles. The SMILES string of the molecule is O=C(Cc1cncs1)N1CCSc2ccncc21. The first-order chi connectivity index (χ1) is 8.84. The summed E-state index contributed by atoms with van der Waals surface area (Å²) in [5.41, 5.74) is 2.69. The van der Waals surface area contributed by atoms with Crippen molar-refractivity contribution in [2.45, 2.75) is 11.3 Å². The van der Waals surface area contributed by atoms with Gasteiger partial charge in [0, 0.05) is 34.5 Å². The topological polar surface area (TPSA) is 46.1 Å². The Kier molecular flexibility index (Phi) is 3.29. The monoisotopic (exact) mass is 277 g/mol. The Morgan fingerprint density at radius 2 is 2.33 bits per heavy atom. The molecule has 3 heterocycles. The maximum atomic E-state index is 12.3. The van der Waals surface area contributed by atoms with Crippen molar-refractivity contribution in [3.8, 4) is 0 Å². The maximum absolute atomic E-state index is 12.3. The van der Waals surface area contributed by atoms with Crippen LogP contribution in [-0.2, 0) is 11.2 Å². The van der Waals surface area contributed by atoms with E-state index >= 15 is 0 Å². The molecule has 0 N–H and O–H groups in total. The molecule has 0 aromatic carbocycles. The minimum Gasteiger partial charge on any atom is -0.309 e. The molecule has 0 aliphatic carbocycles. The van der Waals surface area contributed by atoms with E-state index in [0.29, 0.717) is 6.42 Å². The van der Waals surface area contributed by atoms with Gasteiger partial charge >= 0.3 is 0 Å². The molecule has 0 bridgehead atoms. The van der Waals surface area contributed by atoms with Crippen molar-refractivity contribution >= 4 is 34.7 Å². The first-order valence-corrected chi connectivity index (χ1v) is 7.45. The Bertz CT molecular complexity index is 556. The first kappa shape index (κ1) is 11.7. The number of rotatable bonds is 2. The predicted molar refractivity (Wildman–Crippen MR) is 73.1 cm³/mol. The minimum atomic E-state index is 0.119. The summed E-state index contributed by atoms with van der Waals surface area (Å²) in [5.74, 6) is 1.06. The highest BCUT2D eigenvalue weighted by molar-refractivity contribution is 7.99. The highest BCUT2D eigenvalue weighted by Crippen LogP contribution is 2.33. The third kappa shape index (κ3) is 2.26. The zero-order chi connectivity index (χ0) is 12.4. The fourth-order valence-electron chi connectivity index (χ4n) is 1.90. The number of aromatic nitrogens is 2. The number of anilines is 1. The first-order valence-electron chi connectivity index (χ1n) is 5.59. The molecule has 0 radical (unpaired) electrons. The van der Waals surface area contributed by atoms with E-state index in [0.717, 1.165) is 27.8 Å². The lowest BCUT2D eigenvalue weighted by Crippen LogP contribution is -2.36. The second kappa shape index (κ2) is 5.07. The third-order valence-electron chi connectivity index (χ3n) is 2.73. The molecule has 0 unspecified atom stereocenters. The van der Waals surface area contributed by atoms with Gasteiger partial charge in [-0.2, -0.15) is 0 Å². The van der Waals surface area contributed by atoms with E-state index in [1.165, 1.54) is 11.3 Å². The van der Waals surface area contributed by atoms with Crippen molar-refractivity contribution in [3.05, 3.63) is 35.0 Å². The van der Waals surface area contributed by atoms with Gasteiger partial charge in [-0.15, -0.1) is 23.1 Å². The number of thiazole rings is 1. The van der Waals surface area contributed by atoms with Crippen molar-refractivity contribution in [2.24, 2.45) is 0 Å². The number of pyridine rings is 1. The zero-order valence-electron chi connectivity index (χ0n) is 9.57. The summed E-state index contributed by atoms with van der Waals surface area (Å²) in [5, 5.41) is 0. The predicted octanol–water partition coefficient (Wildman–Crippen LogP) is 2.22. The number of carbonyl (C=O) groups excluding carboxylic acids is 1. The van der Waals surface area contributed by atoms with Gasteiger partial charge in [-0.25, -0.2) is 0 Å². The summed E-state index contributed by atoms with van der Waals surface area (Å²) in [6.07, 6.45) is 5.71. The number of amides is 1. The smallest absolute Gasteiger partial charge is 0.232 e. The molecule has 4 nitrogen and oxygen atoms in total. The van der Waals surface area contributed by atoms with Crippen LogP contribution in [-0.4, -0.2) is 28.2 Å². The van der Waals surface area contributed by atoms with E-state index in [1.54, 1.807) is 35.9 Å². The van der Waals surface area contributed by atoms with Crippen LogP contribution < -0.4 is 4.90 Å². The fraction of sp³-hybridized carbons (Fsp3) is 0.250. The van der Waals surface area contributed by atoms with E-state index in [4.69, 9.17) is 0 Å². The lowest BCUT2D eigenvalue weighted by atomic mass is 10.3. The molecule has 2 aromatic rings. The Morgan fingerprint density at radius 3 is 3.17 bits per heavy atom. The molecule has 2 aromatic heterocycles. The molecule has 1 amide bonds.